The summed E-state index contributed by atoms with van der Waals surface area (Å²) < 4.78 is 0. The van der Waals surface area contributed by atoms with Crippen LogP contribution in [0, 0.1) is 0 Å². The van der Waals surface area contributed by atoms with Gasteiger partial charge in [-0.2, -0.15) is 5.10 Å². The monoisotopic (exact) mass is 380 g/mol. The quantitative estimate of drug-likeness (QED) is 0.705. The molecule has 6 heteroatoms. The molecule has 0 saturated heterocycles. The Bertz CT molecular complexity index is 953. The molecule has 2 heterocycles. The third kappa shape index (κ3) is 3.98. The van der Waals surface area contributed by atoms with Gasteiger partial charge in [0.15, 0.2) is 0 Å². The maximum atomic E-state index is 12.4. The van der Waals surface area contributed by atoms with Gasteiger partial charge in [-0.1, -0.05) is 41.9 Å². The van der Waals surface area contributed by atoms with Crippen LogP contribution in [0.3, 0.4) is 0 Å². The number of nitrogens with zero attached hydrogens (tertiary/aromatic N) is 2. The van der Waals surface area contributed by atoms with E-state index in [2.05, 4.69) is 44.7 Å². The highest BCUT2D eigenvalue weighted by Crippen LogP contribution is 2.26. The van der Waals surface area contributed by atoms with Gasteiger partial charge in [-0.3, -0.25) is 9.89 Å². The Balaban J connectivity index is 1.36. The van der Waals surface area contributed by atoms with Crippen LogP contribution in [-0.4, -0.2) is 35.7 Å². The lowest BCUT2D eigenvalue weighted by Crippen LogP contribution is -2.37. The van der Waals surface area contributed by atoms with Crippen LogP contribution in [0.1, 0.15) is 22.5 Å². The van der Waals surface area contributed by atoms with Gasteiger partial charge < -0.3 is 10.2 Å². The van der Waals surface area contributed by atoms with Crippen molar-refractivity contribution in [1.29, 1.82) is 0 Å². The molecule has 1 aliphatic heterocycles. The normalized spacial score (nSPS) is 13.3. The van der Waals surface area contributed by atoms with Crippen molar-refractivity contribution < 1.29 is 4.79 Å². The Hall–Kier alpha value is -2.79. The van der Waals surface area contributed by atoms with E-state index in [0.29, 0.717) is 23.0 Å². The number of carbonyl (C=O) groups is 1. The standard InChI is InChI=1S/C21H21ClN4O/c22-17-8-3-6-16(13-17)18-14-19(25-24-18)21(27)23-10-12-26-11-4-7-15-5-1-2-9-20(15)26/h1-3,5-6,8-9,13-14H,4,7,10-12H2,(H,23,27)(H,24,25). The molecule has 0 saturated carbocycles. The largest absolute Gasteiger partial charge is 0.370 e. The van der Waals surface area contributed by atoms with E-state index in [1.54, 1.807) is 6.07 Å². The molecule has 2 N–H and O–H groups in total. The Labute approximate surface area is 163 Å². The molecule has 1 aliphatic rings. The maximum Gasteiger partial charge on any atom is 0.269 e. The predicted octanol–water partition coefficient (Wildman–Crippen LogP) is 3.91. The first-order valence-electron chi connectivity index (χ1n) is 9.13. The van der Waals surface area contributed by atoms with Crippen LogP contribution in [0.25, 0.3) is 11.3 Å². The highest BCUT2D eigenvalue weighted by atomic mass is 35.5. The van der Waals surface area contributed by atoms with Crippen molar-refractivity contribution in [3.05, 3.63) is 70.9 Å². The molecule has 2 aromatic carbocycles. The maximum absolute atomic E-state index is 12.4. The van der Waals surface area contributed by atoms with Crippen molar-refractivity contribution >= 4 is 23.2 Å². The van der Waals surface area contributed by atoms with E-state index >= 15 is 0 Å². The Morgan fingerprint density at radius 3 is 2.96 bits per heavy atom. The summed E-state index contributed by atoms with van der Waals surface area (Å²) in [6.07, 6.45) is 2.27. The molecular weight excluding hydrogens is 360 g/mol. The third-order valence-electron chi connectivity index (χ3n) is 4.82. The van der Waals surface area contributed by atoms with Crippen LogP contribution in [0.15, 0.2) is 54.6 Å². The molecule has 0 atom stereocenters. The summed E-state index contributed by atoms with van der Waals surface area (Å²) in [4.78, 5) is 14.8. The second-order valence-electron chi connectivity index (χ2n) is 6.65. The molecule has 0 radical (unpaired) electrons. The molecule has 27 heavy (non-hydrogen) atoms. The Kier molecular flexibility index (Phi) is 5.12. The third-order valence-corrected chi connectivity index (χ3v) is 5.05. The second kappa shape index (κ2) is 7.84. The molecule has 0 fully saturated rings. The predicted molar refractivity (Wildman–Crippen MR) is 108 cm³/mol. The fourth-order valence-corrected chi connectivity index (χ4v) is 3.67. The van der Waals surface area contributed by atoms with E-state index in [9.17, 15) is 4.79 Å². The highest BCUT2D eigenvalue weighted by molar-refractivity contribution is 6.30. The molecule has 4 rings (SSSR count). The van der Waals surface area contributed by atoms with Gasteiger partial charge in [0.2, 0.25) is 0 Å². The fraction of sp³-hybridized carbons (Fsp3) is 0.238. The summed E-state index contributed by atoms with van der Waals surface area (Å²) >= 11 is 6.02. The van der Waals surface area contributed by atoms with Crippen LogP contribution in [0.4, 0.5) is 5.69 Å². The zero-order valence-electron chi connectivity index (χ0n) is 14.9. The molecule has 0 unspecified atom stereocenters. The number of anilines is 1. The second-order valence-corrected chi connectivity index (χ2v) is 7.09. The number of aromatic amines is 1. The van der Waals surface area contributed by atoms with Gasteiger partial charge in [-0.25, -0.2) is 0 Å². The summed E-state index contributed by atoms with van der Waals surface area (Å²) in [5, 5.41) is 10.6. The molecular formula is C21H21ClN4O. The molecule has 5 nitrogen and oxygen atoms in total. The van der Waals surface area contributed by atoms with E-state index in [1.807, 2.05) is 24.3 Å². The summed E-state index contributed by atoms with van der Waals surface area (Å²) in [5.41, 5.74) is 4.69. The summed E-state index contributed by atoms with van der Waals surface area (Å²) in [6, 6.07) is 17.6. The first kappa shape index (κ1) is 17.6. The topological polar surface area (TPSA) is 61.0 Å². The van der Waals surface area contributed by atoms with Crippen LogP contribution in [0.5, 0.6) is 0 Å². The number of hydrogen-bond acceptors (Lipinski definition) is 3. The molecule has 0 aliphatic carbocycles. The minimum atomic E-state index is -0.152. The van der Waals surface area contributed by atoms with E-state index in [0.717, 1.165) is 31.5 Å². The average Bonchev–Trinajstić information content (AvgIpc) is 3.18. The molecule has 3 aromatic rings. The number of H-pyrrole nitrogens is 1. The lowest BCUT2D eigenvalue weighted by Gasteiger charge is -2.31. The van der Waals surface area contributed by atoms with Crippen LogP contribution in [-0.2, 0) is 6.42 Å². The molecule has 0 spiro atoms. The van der Waals surface area contributed by atoms with E-state index in [4.69, 9.17) is 11.6 Å². The van der Waals surface area contributed by atoms with Gasteiger partial charge in [0, 0.05) is 35.9 Å². The minimum absolute atomic E-state index is 0.152. The number of carbonyl (C=O) groups excluding carboxylic acids is 1. The SMILES string of the molecule is O=C(NCCN1CCCc2ccccc21)c1cc(-c2cccc(Cl)c2)n[nH]1. The van der Waals surface area contributed by atoms with Crippen LogP contribution < -0.4 is 10.2 Å². The fourth-order valence-electron chi connectivity index (χ4n) is 3.48. The number of nitrogens with one attached hydrogen (secondary N) is 2. The van der Waals surface area contributed by atoms with Crippen LogP contribution in [0.2, 0.25) is 5.02 Å². The Morgan fingerprint density at radius 2 is 2.07 bits per heavy atom. The van der Waals surface area contributed by atoms with E-state index in [1.165, 1.54) is 11.3 Å². The van der Waals surface area contributed by atoms with Crippen LogP contribution >= 0.6 is 11.6 Å². The summed E-state index contributed by atoms with van der Waals surface area (Å²) in [7, 11) is 0. The lowest BCUT2D eigenvalue weighted by atomic mass is 10.0. The van der Waals surface area contributed by atoms with Gasteiger partial charge in [-0.05, 0) is 42.7 Å². The number of benzene rings is 2. The highest BCUT2D eigenvalue weighted by Gasteiger charge is 2.16. The van der Waals surface area contributed by atoms with E-state index in [-0.39, 0.29) is 5.91 Å². The first-order valence-corrected chi connectivity index (χ1v) is 9.51. The number of amides is 1. The van der Waals surface area contributed by atoms with E-state index < -0.39 is 0 Å². The number of halogens is 1. The zero-order chi connectivity index (χ0) is 18.6. The molecule has 1 amide bonds. The number of aryl methyl sites for hydroxylation is 1. The first-order chi connectivity index (χ1) is 13.2. The van der Waals surface area contributed by atoms with Crippen molar-refractivity contribution in [3.63, 3.8) is 0 Å². The van der Waals surface area contributed by atoms with Crippen molar-refractivity contribution in [2.45, 2.75) is 12.8 Å². The average molecular weight is 381 g/mol. The lowest BCUT2D eigenvalue weighted by molar-refractivity contribution is 0.0949. The summed E-state index contributed by atoms with van der Waals surface area (Å²) in [5.74, 6) is -0.152. The zero-order valence-corrected chi connectivity index (χ0v) is 15.7. The smallest absolute Gasteiger partial charge is 0.269 e. The number of aromatic nitrogens is 2. The van der Waals surface area contributed by atoms with Crippen molar-refractivity contribution in [3.8, 4) is 11.3 Å². The molecule has 138 valence electrons. The number of para-hydroxylation sites is 1. The van der Waals surface area contributed by atoms with Crippen molar-refractivity contribution in [2.75, 3.05) is 24.5 Å². The number of fused-ring (bicyclic) bond motifs is 1. The van der Waals surface area contributed by atoms with Gasteiger partial charge >= 0.3 is 0 Å². The van der Waals surface area contributed by atoms with Gasteiger partial charge in [-0.15, -0.1) is 0 Å². The number of rotatable bonds is 5. The molecule has 1 aromatic heterocycles. The summed E-state index contributed by atoms with van der Waals surface area (Å²) in [6.45, 7) is 2.40. The van der Waals surface area contributed by atoms with Crippen molar-refractivity contribution in [1.82, 2.24) is 15.5 Å². The minimum Gasteiger partial charge on any atom is -0.370 e. The van der Waals surface area contributed by atoms with Gasteiger partial charge in [0.1, 0.15) is 5.69 Å². The Morgan fingerprint density at radius 1 is 1.19 bits per heavy atom. The van der Waals surface area contributed by atoms with Gasteiger partial charge in [0.25, 0.3) is 5.91 Å². The van der Waals surface area contributed by atoms with Crippen molar-refractivity contribution in [2.24, 2.45) is 0 Å². The number of hydrogen-bond donors (Lipinski definition) is 2. The van der Waals surface area contributed by atoms with Gasteiger partial charge in [0.05, 0.1) is 5.69 Å². The molecule has 0 bridgehead atoms.